The number of hydrogen-bond acceptors (Lipinski definition) is 10. The Morgan fingerprint density at radius 3 is 2.75 bits per heavy atom. The van der Waals surface area contributed by atoms with Crippen LogP contribution in [0.25, 0.3) is 22.6 Å². The minimum atomic E-state index is -2.72. The topological polar surface area (TPSA) is 144 Å². The molecule has 5 atom stereocenters. The van der Waals surface area contributed by atoms with Crippen LogP contribution < -0.4 is 15.8 Å². The van der Waals surface area contributed by atoms with E-state index in [9.17, 15) is 18.4 Å². The van der Waals surface area contributed by atoms with Crippen LogP contribution in [0.2, 0.25) is 0 Å². The van der Waals surface area contributed by atoms with Crippen molar-refractivity contribution in [1.29, 1.82) is 5.26 Å². The van der Waals surface area contributed by atoms with Gasteiger partial charge in [0.05, 0.1) is 28.8 Å². The number of nitrogen functional groups attached to an aromatic ring is 1. The number of rotatable bonds is 5. The van der Waals surface area contributed by atoms with Crippen LogP contribution in [0.3, 0.4) is 0 Å². The van der Waals surface area contributed by atoms with Crippen molar-refractivity contribution in [1.82, 2.24) is 35.1 Å². The summed E-state index contributed by atoms with van der Waals surface area (Å²) in [7, 11) is 1.88. The molecule has 5 heterocycles. The van der Waals surface area contributed by atoms with Gasteiger partial charge in [0.2, 0.25) is 5.88 Å². The highest BCUT2D eigenvalue weighted by atomic mass is 19.3. The molecular weight excluding hydrogens is 623 g/mol. The molecule has 1 aromatic carbocycles. The number of nitrogens with zero attached hydrogens (tertiary/aromatic N) is 7. The zero-order chi connectivity index (χ0) is 33.2. The fourth-order valence-electron chi connectivity index (χ4n) is 9.39. The van der Waals surface area contributed by atoms with Gasteiger partial charge in [-0.15, -0.1) is 0 Å². The van der Waals surface area contributed by atoms with Crippen molar-refractivity contribution >= 4 is 16.7 Å². The fraction of sp³-hybridized carbons (Fsp3) is 0.559. The number of aromatic nitrogens is 5. The highest BCUT2D eigenvalue weighted by molar-refractivity contribution is 5.82. The molecule has 48 heavy (non-hydrogen) atoms. The van der Waals surface area contributed by atoms with E-state index in [-0.39, 0.29) is 36.6 Å². The summed E-state index contributed by atoms with van der Waals surface area (Å²) in [6, 6.07) is 5.65. The summed E-state index contributed by atoms with van der Waals surface area (Å²) in [5, 5.41) is 23.1. The Morgan fingerprint density at radius 1 is 1.21 bits per heavy atom. The molecule has 5 aliphatic rings. The molecule has 11 nitrogen and oxygen atoms in total. The van der Waals surface area contributed by atoms with E-state index in [4.69, 9.17) is 25.0 Å². The molecule has 0 bridgehead atoms. The minimum absolute atomic E-state index is 0.163. The largest absolute Gasteiger partial charge is 0.472 e. The first kappa shape index (κ1) is 29.9. The van der Waals surface area contributed by atoms with Gasteiger partial charge in [-0.25, -0.2) is 22.8 Å². The second kappa shape index (κ2) is 10.1. The number of hydrogen-bond donors (Lipinski definition) is 2. The van der Waals surface area contributed by atoms with Crippen molar-refractivity contribution in [3.63, 3.8) is 0 Å². The molecule has 2 spiro atoms. The quantitative estimate of drug-likeness (QED) is 0.291. The zero-order valence-electron chi connectivity index (χ0n) is 26.8. The van der Waals surface area contributed by atoms with E-state index in [0.717, 1.165) is 42.4 Å². The second-order valence-electron chi connectivity index (χ2n) is 14.6. The van der Waals surface area contributed by atoms with E-state index in [1.807, 2.05) is 24.9 Å². The van der Waals surface area contributed by atoms with Gasteiger partial charge >= 0.3 is 0 Å². The Labute approximate surface area is 274 Å². The van der Waals surface area contributed by atoms with Crippen molar-refractivity contribution in [3.05, 3.63) is 46.3 Å². The fourth-order valence-corrected chi connectivity index (χ4v) is 9.39. The third kappa shape index (κ3) is 4.13. The molecule has 5 unspecified atom stereocenters. The van der Waals surface area contributed by atoms with Crippen LogP contribution >= 0.6 is 0 Å². The number of ether oxygens (including phenoxy) is 1. The maximum atomic E-state index is 14.3. The van der Waals surface area contributed by atoms with Gasteiger partial charge in [0, 0.05) is 43.2 Å². The van der Waals surface area contributed by atoms with Gasteiger partial charge in [-0.1, -0.05) is 11.2 Å². The average Bonchev–Trinajstić information content (AvgIpc) is 3.81. The Hall–Kier alpha value is -4.22. The highest BCUT2D eigenvalue weighted by Crippen LogP contribution is 2.56. The molecule has 9 rings (SSSR count). The van der Waals surface area contributed by atoms with Crippen LogP contribution in [0.15, 0.2) is 22.9 Å². The summed E-state index contributed by atoms with van der Waals surface area (Å²) in [5.74, 6) is -1.45. The van der Waals surface area contributed by atoms with Crippen LogP contribution in [0.5, 0.6) is 5.88 Å². The van der Waals surface area contributed by atoms with E-state index in [2.05, 4.69) is 21.6 Å². The number of alkyl halides is 3. The molecule has 250 valence electrons. The SMILES string of the molecule is CC(Oc1nc(-c2noc3c2CCCC32CCc3ccc(N)c(C#N)c32)nc2c1cnn2C1CNC12CC(F)(F)C2)C1CC(F)CN1C. The van der Waals surface area contributed by atoms with Gasteiger partial charge in [0.15, 0.2) is 22.9 Å². The summed E-state index contributed by atoms with van der Waals surface area (Å²) >= 11 is 0. The Morgan fingerprint density at radius 2 is 2.04 bits per heavy atom. The van der Waals surface area contributed by atoms with Gasteiger partial charge in [-0.05, 0) is 69.7 Å². The van der Waals surface area contributed by atoms with Gasteiger partial charge in [-0.3, -0.25) is 4.90 Å². The van der Waals surface area contributed by atoms with Crippen molar-refractivity contribution in [3.8, 4) is 23.5 Å². The maximum Gasteiger partial charge on any atom is 0.251 e. The first-order chi connectivity index (χ1) is 23.0. The Balaban J connectivity index is 1.17. The molecule has 0 amide bonds. The third-order valence-electron chi connectivity index (χ3n) is 11.7. The molecule has 2 saturated heterocycles. The number of aryl methyl sites for hydroxylation is 1. The van der Waals surface area contributed by atoms with E-state index < -0.39 is 29.2 Å². The maximum absolute atomic E-state index is 14.3. The van der Waals surface area contributed by atoms with Crippen LogP contribution in [-0.4, -0.2) is 79.7 Å². The summed E-state index contributed by atoms with van der Waals surface area (Å²) in [4.78, 5) is 11.8. The normalized spacial score (nSPS) is 29.0. The van der Waals surface area contributed by atoms with Crippen molar-refractivity contribution < 1.29 is 22.4 Å². The molecule has 2 aliphatic heterocycles. The molecular formula is C34H36F3N9O2. The summed E-state index contributed by atoms with van der Waals surface area (Å²) in [6.45, 7) is 2.71. The number of nitriles is 1. The number of likely N-dealkylation sites (tertiary alicyclic amines) is 1. The average molecular weight is 660 g/mol. The first-order valence-electron chi connectivity index (χ1n) is 16.7. The predicted molar refractivity (Wildman–Crippen MR) is 168 cm³/mol. The lowest BCUT2D eigenvalue weighted by Crippen LogP contribution is -2.74. The summed E-state index contributed by atoms with van der Waals surface area (Å²) in [6.07, 6.45) is 3.96. The molecule has 3 aliphatic carbocycles. The van der Waals surface area contributed by atoms with Crippen LogP contribution in [0.4, 0.5) is 18.9 Å². The molecule has 14 heteroatoms. The second-order valence-corrected chi connectivity index (χ2v) is 14.6. The van der Waals surface area contributed by atoms with Crippen molar-refractivity contribution in [2.24, 2.45) is 0 Å². The first-order valence-corrected chi connectivity index (χ1v) is 16.7. The van der Waals surface area contributed by atoms with E-state index in [1.165, 1.54) is 0 Å². The Kier molecular flexibility index (Phi) is 6.32. The summed E-state index contributed by atoms with van der Waals surface area (Å²) in [5.41, 5.74) is 9.76. The molecule has 4 aromatic rings. The molecule has 3 aromatic heterocycles. The smallest absolute Gasteiger partial charge is 0.251 e. The van der Waals surface area contributed by atoms with E-state index in [1.54, 1.807) is 16.9 Å². The molecule has 1 saturated carbocycles. The number of anilines is 1. The number of nitrogens with two attached hydrogens (primary N) is 1. The van der Waals surface area contributed by atoms with Crippen molar-refractivity contribution in [2.45, 2.75) is 99.5 Å². The minimum Gasteiger partial charge on any atom is -0.472 e. The number of likely N-dealkylation sites (N-methyl/N-ethyl adjacent to an activating group) is 1. The highest BCUT2D eigenvalue weighted by Gasteiger charge is 2.65. The lowest BCUT2D eigenvalue weighted by Gasteiger charge is -2.59. The molecule has 3 N–H and O–H groups in total. The van der Waals surface area contributed by atoms with E-state index in [0.29, 0.717) is 59.7 Å². The molecule has 0 radical (unpaired) electrons. The predicted octanol–water partition coefficient (Wildman–Crippen LogP) is 4.63. The standard InChI is InChI=1S/C34H36F3N9O2/c1-17(24-10-19(35)14-45(24)2)47-31-22-12-41-46(25-13-40-33(25)15-34(36,37)16-33)30(22)42-29(43-31)27-20-4-3-8-32(28(20)48-44-27)9-7-18-5-6-23(39)21(11-38)26(18)32/h5-6,12,17,19,24-25,40H,3-4,7-10,13-16,39H2,1-2H3. The lowest BCUT2D eigenvalue weighted by molar-refractivity contribution is -0.175. The van der Waals surface area contributed by atoms with Gasteiger partial charge in [-0.2, -0.15) is 15.3 Å². The van der Waals surface area contributed by atoms with Gasteiger partial charge < -0.3 is 20.3 Å². The number of halogens is 3. The zero-order valence-corrected chi connectivity index (χ0v) is 26.8. The molecule has 3 fully saturated rings. The third-order valence-corrected chi connectivity index (χ3v) is 11.7. The van der Waals surface area contributed by atoms with Gasteiger partial charge in [0.1, 0.15) is 23.7 Å². The van der Waals surface area contributed by atoms with Crippen LogP contribution in [0, 0.1) is 11.3 Å². The number of benzene rings is 1. The van der Waals surface area contributed by atoms with Gasteiger partial charge in [0.25, 0.3) is 5.92 Å². The van der Waals surface area contributed by atoms with Crippen LogP contribution in [-0.2, 0) is 18.3 Å². The van der Waals surface area contributed by atoms with Crippen LogP contribution in [0.1, 0.15) is 79.5 Å². The lowest BCUT2D eigenvalue weighted by atomic mass is 9.64. The van der Waals surface area contributed by atoms with Crippen molar-refractivity contribution in [2.75, 3.05) is 25.9 Å². The monoisotopic (exact) mass is 659 g/mol. The summed E-state index contributed by atoms with van der Waals surface area (Å²) < 4.78 is 57.0. The van der Waals surface area contributed by atoms with E-state index >= 15 is 0 Å². The number of fused-ring (bicyclic) bond motifs is 5. The number of nitrogens with one attached hydrogen (secondary N) is 1. The Bertz CT molecular complexity index is 2010.